The maximum atomic E-state index is 11.7. The number of hydrogen-bond acceptors (Lipinski definition) is 9. The second kappa shape index (κ2) is 16.0. The quantitative estimate of drug-likeness (QED) is 0.236. The maximum Gasteiger partial charge on any atom is 0.306 e. The van der Waals surface area contributed by atoms with Crippen LogP contribution in [0.5, 0.6) is 0 Å². The van der Waals surface area contributed by atoms with Gasteiger partial charge in [0.25, 0.3) is 0 Å². The van der Waals surface area contributed by atoms with Crippen LogP contribution in [0.1, 0.15) is 38.5 Å². The van der Waals surface area contributed by atoms with Crippen LogP contribution in [0.4, 0.5) is 0 Å². The molecule has 0 N–H and O–H groups in total. The van der Waals surface area contributed by atoms with Crippen molar-refractivity contribution in [2.45, 2.75) is 44.6 Å². The highest BCUT2D eigenvalue weighted by molar-refractivity contribution is 7.80. The van der Waals surface area contributed by atoms with E-state index in [-0.39, 0.29) is 32.5 Å². The summed E-state index contributed by atoms with van der Waals surface area (Å²) in [5, 5.41) is 0. The van der Waals surface area contributed by atoms with Crippen molar-refractivity contribution in [2.75, 3.05) is 30.5 Å². The van der Waals surface area contributed by atoms with Gasteiger partial charge in [0.05, 0.1) is 0 Å². The number of ether oxygens (including phenoxy) is 3. The van der Waals surface area contributed by atoms with Crippen LogP contribution < -0.4 is 0 Å². The summed E-state index contributed by atoms with van der Waals surface area (Å²) >= 11 is 12.1. The molecule has 0 unspecified atom stereocenters. The highest BCUT2D eigenvalue weighted by Gasteiger charge is 2.19. The maximum absolute atomic E-state index is 11.7. The average molecular weight is 399 g/mol. The van der Waals surface area contributed by atoms with E-state index in [1.54, 1.807) is 0 Å². The molecule has 24 heavy (non-hydrogen) atoms. The lowest BCUT2D eigenvalue weighted by Crippen LogP contribution is -2.31. The van der Waals surface area contributed by atoms with Crippen molar-refractivity contribution in [1.82, 2.24) is 0 Å². The third-order valence-electron chi connectivity index (χ3n) is 2.78. The Bertz CT molecular complexity index is 354. The summed E-state index contributed by atoms with van der Waals surface area (Å²) in [5.74, 6) is 0.493. The van der Waals surface area contributed by atoms with E-state index in [1.807, 2.05) is 0 Å². The zero-order valence-corrected chi connectivity index (χ0v) is 16.3. The first-order valence-electron chi connectivity index (χ1n) is 7.86. The molecule has 0 aliphatic carbocycles. The van der Waals surface area contributed by atoms with E-state index in [1.165, 1.54) is 0 Å². The first-order valence-corrected chi connectivity index (χ1v) is 9.76. The van der Waals surface area contributed by atoms with Crippen LogP contribution in [0.2, 0.25) is 0 Å². The molecule has 0 radical (unpaired) electrons. The van der Waals surface area contributed by atoms with Gasteiger partial charge >= 0.3 is 17.9 Å². The fourth-order valence-corrected chi connectivity index (χ4v) is 2.02. The summed E-state index contributed by atoms with van der Waals surface area (Å²) in [4.78, 5) is 34.7. The van der Waals surface area contributed by atoms with Gasteiger partial charge in [-0.25, -0.2) is 0 Å². The highest BCUT2D eigenvalue weighted by atomic mass is 32.1. The molecule has 140 valence electrons. The standard InChI is InChI=1S/C15H26O6S3/c16-13(4-1-7-22)19-10-12(21-15(18)6-3-9-24)11-20-14(17)5-2-8-23/h12,22-24H,1-11H2. The van der Waals surface area contributed by atoms with E-state index in [0.717, 1.165) is 0 Å². The predicted molar refractivity (Wildman–Crippen MR) is 101 cm³/mol. The van der Waals surface area contributed by atoms with Gasteiger partial charge in [0.15, 0.2) is 6.10 Å². The number of carbonyl (C=O) groups is 3. The molecule has 0 rings (SSSR count). The van der Waals surface area contributed by atoms with Crippen molar-refractivity contribution in [2.24, 2.45) is 0 Å². The SMILES string of the molecule is O=C(CCCS)OCC(COC(=O)CCCS)OC(=O)CCCS. The lowest BCUT2D eigenvalue weighted by molar-refractivity contribution is -0.166. The van der Waals surface area contributed by atoms with Crippen molar-refractivity contribution in [3.05, 3.63) is 0 Å². The third kappa shape index (κ3) is 13.9. The molecular formula is C15H26O6S3. The van der Waals surface area contributed by atoms with Crippen LogP contribution in [0.3, 0.4) is 0 Å². The molecule has 0 aliphatic heterocycles. The van der Waals surface area contributed by atoms with E-state index in [2.05, 4.69) is 37.9 Å². The highest BCUT2D eigenvalue weighted by Crippen LogP contribution is 2.05. The van der Waals surface area contributed by atoms with Gasteiger partial charge in [-0.2, -0.15) is 37.9 Å². The molecule has 0 saturated carbocycles. The molecular weight excluding hydrogens is 372 g/mol. The molecule has 0 bridgehead atoms. The molecule has 9 heteroatoms. The minimum atomic E-state index is -0.808. The Kier molecular flexibility index (Phi) is 15.6. The normalized spacial score (nSPS) is 10.5. The van der Waals surface area contributed by atoms with Gasteiger partial charge in [0, 0.05) is 19.3 Å². The monoisotopic (exact) mass is 398 g/mol. The van der Waals surface area contributed by atoms with Crippen LogP contribution in [0.15, 0.2) is 0 Å². The smallest absolute Gasteiger partial charge is 0.306 e. The Morgan fingerprint density at radius 1 is 0.667 bits per heavy atom. The van der Waals surface area contributed by atoms with Crippen LogP contribution in [0.25, 0.3) is 0 Å². The van der Waals surface area contributed by atoms with Gasteiger partial charge in [-0.3, -0.25) is 14.4 Å². The van der Waals surface area contributed by atoms with Crippen molar-refractivity contribution >= 4 is 55.8 Å². The van der Waals surface area contributed by atoms with Crippen molar-refractivity contribution in [3.63, 3.8) is 0 Å². The molecule has 0 saturated heterocycles. The van der Waals surface area contributed by atoms with Gasteiger partial charge in [-0.05, 0) is 36.5 Å². The topological polar surface area (TPSA) is 78.9 Å². The molecule has 0 fully saturated rings. The largest absolute Gasteiger partial charge is 0.462 e. The number of thiol groups is 3. The third-order valence-corrected chi connectivity index (χ3v) is 3.72. The average Bonchev–Trinajstić information content (AvgIpc) is 2.58. The lowest BCUT2D eigenvalue weighted by Gasteiger charge is -2.18. The molecule has 0 aliphatic rings. The van der Waals surface area contributed by atoms with Gasteiger partial charge in [0.2, 0.25) is 0 Å². The van der Waals surface area contributed by atoms with Gasteiger partial charge in [0.1, 0.15) is 13.2 Å². The Hall–Kier alpha value is -0.540. The molecule has 0 heterocycles. The van der Waals surface area contributed by atoms with Crippen molar-refractivity contribution in [1.29, 1.82) is 0 Å². The molecule has 0 atom stereocenters. The fourth-order valence-electron chi connectivity index (χ4n) is 1.55. The van der Waals surface area contributed by atoms with E-state index >= 15 is 0 Å². The second-order valence-electron chi connectivity index (χ2n) is 4.96. The first kappa shape index (κ1) is 23.5. The minimum Gasteiger partial charge on any atom is -0.462 e. The summed E-state index contributed by atoms with van der Waals surface area (Å²) in [7, 11) is 0. The summed E-state index contributed by atoms with van der Waals surface area (Å²) in [6, 6.07) is 0. The van der Waals surface area contributed by atoms with Crippen LogP contribution in [-0.2, 0) is 28.6 Å². The molecule has 0 aromatic rings. The predicted octanol–water partition coefficient (Wildman–Crippen LogP) is 2.11. The number of rotatable bonds is 14. The van der Waals surface area contributed by atoms with Crippen molar-refractivity contribution < 1.29 is 28.6 Å². The molecule has 0 aromatic heterocycles. The Morgan fingerprint density at radius 2 is 1.04 bits per heavy atom. The number of esters is 3. The zero-order valence-electron chi connectivity index (χ0n) is 13.6. The fraction of sp³-hybridized carbons (Fsp3) is 0.800. The van der Waals surface area contributed by atoms with E-state index in [4.69, 9.17) is 14.2 Å². The number of carbonyl (C=O) groups excluding carboxylic acids is 3. The summed E-state index contributed by atoms with van der Waals surface area (Å²) < 4.78 is 15.3. The van der Waals surface area contributed by atoms with E-state index in [9.17, 15) is 14.4 Å². The Labute approximate surface area is 159 Å². The Balaban J connectivity index is 4.34. The molecule has 6 nitrogen and oxygen atoms in total. The van der Waals surface area contributed by atoms with E-state index < -0.39 is 24.0 Å². The molecule has 0 amide bonds. The minimum absolute atomic E-state index is 0.141. The van der Waals surface area contributed by atoms with Crippen LogP contribution >= 0.6 is 37.9 Å². The summed E-state index contributed by atoms with van der Waals surface area (Å²) in [5.41, 5.74) is 0. The van der Waals surface area contributed by atoms with Crippen LogP contribution in [0, 0.1) is 0 Å². The molecule has 0 spiro atoms. The van der Waals surface area contributed by atoms with Gasteiger partial charge in [-0.15, -0.1) is 0 Å². The first-order chi connectivity index (χ1) is 11.5. The van der Waals surface area contributed by atoms with Gasteiger partial charge < -0.3 is 14.2 Å². The summed E-state index contributed by atoms with van der Waals surface area (Å²) in [6.07, 6.45) is 1.67. The van der Waals surface area contributed by atoms with Crippen molar-refractivity contribution in [3.8, 4) is 0 Å². The van der Waals surface area contributed by atoms with Gasteiger partial charge in [-0.1, -0.05) is 0 Å². The second-order valence-corrected chi connectivity index (χ2v) is 6.30. The zero-order chi connectivity index (χ0) is 18.2. The summed E-state index contributed by atoms with van der Waals surface area (Å²) in [6.45, 7) is -0.282. The van der Waals surface area contributed by atoms with Crippen LogP contribution in [-0.4, -0.2) is 54.5 Å². The van der Waals surface area contributed by atoms with E-state index in [0.29, 0.717) is 36.5 Å². The Morgan fingerprint density at radius 3 is 1.42 bits per heavy atom. The molecule has 0 aromatic carbocycles. The number of hydrogen-bond donors (Lipinski definition) is 3. The lowest BCUT2D eigenvalue weighted by atomic mass is 10.3.